The molecule has 20 heavy (non-hydrogen) atoms. The molecule has 2 aromatic carbocycles. The molecule has 3 nitrogen and oxygen atoms in total. The molecule has 0 aromatic heterocycles. The first-order valence-electron chi connectivity index (χ1n) is 6.45. The molecule has 0 fully saturated rings. The van der Waals surface area contributed by atoms with E-state index in [9.17, 15) is 4.79 Å². The first-order valence-corrected chi connectivity index (χ1v) is 6.82. The van der Waals surface area contributed by atoms with E-state index < -0.39 is 5.97 Å². The first kappa shape index (κ1) is 13.0. The summed E-state index contributed by atoms with van der Waals surface area (Å²) in [6.45, 7) is 0.703. The number of fused-ring (bicyclic) bond motifs is 1. The molecule has 0 saturated heterocycles. The number of benzene rings is 2. The molecule has 102 valence electrons. The second kappa shape index (κ2) is 5.17. The van der Waals surface area contributed by atoms with Crippen LogP contribution in [0.5, 0.6) is 5.75 Å². The van der Waals surface area contributed by atoms with Gasteiger partial charge in [-0.25, -0.2) is 4.79 Å². The van der Waals surface area contributed by atoms with E-state index in [2.05, 4.69) is 6.07 Å². The highest BCUT2D eigenvalue weighted by Gasteiger charge is 2.17. The van der Waals surface area contributed by atoms with E-state index in [-0.39, 0.29) is 5.56 Å². The van der Waals surface area contributed by atoms with Crippen molar-refractivity contribution in [3.8, 4) is 16.9 Å². The van der Waals surface area contributed by atoms with Crippen molar-refractivity contribution in [2.75, 3.05) is 6.61 Å². The number of carboxylic acids is 1. The van der Waals surface area contributed by atoms with Crippen molar-refractivity contribution in [2.45, 2.75) is 12.8 Å². The summed E-state index contributed by atoms with van der Waals surface area (Å²) in [5, 5.41) is 9.40. The summed E-state index contributed by atoms with van der Waals surface area (Å²) in [4.78, 5) is 11.0. The molecule has 0 spiro atoms. The minimum atomic E-state index is -0.982. The molecular weight excluding hydrogens is 276 g/mol. The zero-order valence-electron chi connectivity index (χ0n) is 10.7. The smallest absolute Gasteiger partial charge is 0.335 e. The standard InChI is InChI=1S/C16H13ClO3/c17-14-9-11(16(18)19)6-7-12(14)13-5-1-3-10-4-2-8-20-15(10)13/h1,3,5-7,9H,2,4,8H2,(H,18,19). The molecule has 0 atom stereocenters. The zero-order valence-corrected chi connectivity index (χ0v) is 11.5. The van der Waals surface area contributed by atoms with Gasteiger partial charge in [-0.15, -0.1) is 0 Å². The summed E-state index contributed by atoms with van der Waals surface area (Å²) in [6.07, 6.45) is 2.01. The Morgan fingerprint density at radius 1 is 1.20 bits per heavy atom. The van der Waals surface area contributed by atoms with Crippen molar-refractivity contribution >= 4 is 17.6 Å². The van der Waals surface area contributed by atoms with Gasteiger partial charge in [0.15, 0.2) is 0 Å². The Balaban J connectivity index is 2.12. The number of ether oxygens (including phenoxy) is 1. The Labute approximate surface area is 121 Å². The second-order valence-electron chi connectivity index (χ2n) is 4.75. The Kier molecular flexibility index (Phi) is 3.36. The Morgan fingerprint density at radius 3 is 2.80 bits per heavy atom. The van der Waals surface area contributed by atoms with E-state index >= 15 is 0 Å². The molecule has 0 saturated carbocycles. The molecule has 1 aliphatic heterocycles. The maximum Gasteiger partial charge on any atom is 0.335 e. The number of para-hydroxylation sites is 1. The van der Waals surface area contributed by atoms with E-state index in [1.54, 1.807) is 12.1 Å². The van der Waals surface area contributed by atoms with E-state index in [0.717, 1.165) is 29.7 Å². The molecule has 2 aromatic rings. The van der Waals surface area contributed by atoms with Gasteiger partial charge in [-0.1, -0.05) is 35.9 Å². The average Bonchev–Trinajstić information content (AvgIpc) is 2.46. The lowest BCUT2D eigenvalue weighted by Crippen LogP contribution is -2.09. The van der Waals surface area contributed by atoms with Crippen molar-refractivity contribution in [3.63, 3.8) is 0 Å². The topological polar surface area (TPSA) is 46.5 Å². The minimum absolute atomic E-state index is 0.185. The molecule has 0 bridgehead atoms. The molecule has 0 aliphatic carbocycles. The van der Waals surface area contributed by atoms with E-state index in [1.807, 2.05) is 12.1 Å². The van der Waals surface area contributed by atoms with Crippen molar-refractivity contribution in [1.29, 1.82) is 0 Å². The van der Waals surface area contributed by atoms with Crippen LogP contribution in [0.3, 0.4) is 0 Å². The van der Waals surface area contributed by atoms with Crippen LogP contribution in [-0.4, -0.2) is 17.7 Å². The number of carbonyl (C=O) groups is 1. The van der Waals surface area contributed by atoms with Crippen LogP contribution in [0.4, 0.5) is 0 Å². The summed E-state index contributed by atoms with van der Waals surface area (Å²) >= 11 is 6.23. The lowest BCUT2D eigenvalue weighted by Gasteiger charge is -2.21. The average molecular weight is 289 g/mol. The predicted octanol–water partition coefficient (Wildman–Crippen LogP) is 4.03. The second-order valence-corrected chi connectivity index (χ2v) is 5.15. The third-order valence-corrected chi connectivity index (χ3v) is 3.75. The molecule has 0 amide bonds. The molecule has 0 unspecified atom stereocenters. The highest BCUT2D eigenvalue weighted by atomic mass is 35.5. The van der Waals surface area contributed by atoms with Crippen LogP contribution in [0, 0.1) is 0 Å². The minimum Gasteiger partial charge on any atom is -0.493 e. The molecule has 0 radical (unpaired) electrons. The van der Waals surface area contributed by atoms with Crippen LogP contribution in [-0.2, 0) is 6.42 Å². The number of aryl methyl sites for hydroxylation is 1. The summed E-state index contributed by atoms with van der Waals surface area (Å²) in [5.74, 6) is -0.117. The molecular formula is C16H13ClO3. The van der Waals surface area contributed by atoms with Crippen molar-refractivity contribution < 1.29 is 14.6 Å². The van der Waals surface area contributed by atoms with Gasteiger partial charge in [0.25, 0.3) is 0 Å². The van der Waals surface area contributed by atoms with Gasteiger partial charge in [0.05, 0.1) is 12.2 Å². The van der Waals surface area contributed by atoms with Crippen LogP contribution in [0.15, 0.2) is 36.4 Å². The monoisotopic (exact) mass is 288 g/mol. The number of aromatic carboxylic acids is 1. The maximum absolute atomic E-state index is 11.0. The fourth-order valence-corrected chi connectivity index (χ4v) is 2.75. The van der Waals surface area contributed by atoms with Gasteiger partial charge in [-0.3, -0.25) is 0 Å². The van der Waals surface area contributed by atoms with Gasteiger partial charge < -0.3 is 9.84 Å². The Bertz CT molecular complexity index is 679. The Hall–Kier alpha value is -2.00. The fourth-order valence-electron chi connectivity index (χ4n) is 2.47. The third kappa shape index (κ3) is 2.25. The first-order chi connectivity index (χ1) is 9.66. The number of halogens is 1. The lowest BCUT2D eigenvalue weighted by molar-refractivity contribution is 0.0697. The highest BCUT2D eigenvalue weighted by molar-refractivity contribution is 6.33. The number of hydrogen-bond donors (Lipinski definition) is 1. The van der Waals surface area contributed by atoms with Crippen LogP contribution in [0.25, 0.3) is 11.1 Å². The molecule has 1 heterocycles. The number of carboxylic acid groups (broad SMARTS) is 1. The van der Waals surface area contributed by atoms with E-state index in [0.29, 0.717) is 11.6 Å². The SMILES string of the molecule is O=C(O)c1ccc(-c2cccc3c2OCCC3)c(Cl)c1. The van der Waals surface area contributed by atoms with Crippen LogP contribution < -0.4 is 4.74 Å². The Morgan fingerprint density at radius 2 is 2.05 bits per heavy atom. The molecule has 1 aliphatic rings. The molecule has 1 N–H and O–H groups in total. The summed E-state index contributed by atoms with van der Waals surface area (Å²) < 4.78 is 5.77. The van der Waals surface area contributed by atoms with Crippen molar-refractivity contribution in [3.05, 3.63) is 52.5 Å². The molecule has 3 rings (SSSR count). The van der Waals surface area contributed by atoms with Crippen LogP contribution in [0.2, 0.25) is 5.02 Å². The largest absolute Gasteiger partial charge is 0.493 e. The highest BCUT2D eigenvalue weighted by Crippen LogP contribution is 2.39. The summed E-state index contributed by atoms with van der Waals surface area (Å²) in [7, 11) is 0. The third-order valence-electron chi connectivity index (χ3n) is 3.44. The maximum atomic E-state index is 11.0. The van der Waals surface area contributed by atoms with Crippen LogP contribution in [0.1, 0.15) is 22.3 Å². The van der Waals surface area contributed by atoms with Gasteiger partial charge in [-0.2, -0.15) is 0 Å². The van der Waals surface area contributed by atoms with Crippen molar-refractivity contribution in [1.82, 2.24) is 0 Å². The molecule has 4 heteroatoms. The van der Waals surface area contributed by atoms with Crippen LogP contribution >= 0.6 is 11.6 Å². The predicted molar refractivity (Wildman–Crippen MR) is 77.7 cm³/mol. The number of hydrogen-bond acceptors (Lipinski definition) is 2. The van der Waals surface area contributed by atoms with Gasteiger partial charge in [-0.05, 0) is 30.5 Å². The normalized spacial score (nSPS) is 13.4. The van der Waals surface area contributed by atoms with E-state index in [4.69, 9.17) is 21.4 Å². The van der Waals surface area contributed by atoms with Gasteiger partial charge in [0.2, 0.25) is 0 Å². The summed E-state index contributed by atoms with van der Waals surface area (Å²) in [6, 6.07) is 10.8. The van der Waals surface area contributed by atoms with Gasteiger partial charge >= 0.3 is 5.97 Å². The fraction of sp³-hybridized carbons (Fsp3) is 0.188. The van der Waals surface area contributed by atoms with E-state index in [1.165, 1.54) is 11.6 Å². The van der Waals surface area contributed by atoms with Gasteiger partial charge in [0.1, 0.15) is 5.75 Å². The van der Waals surface area contributed by atoms with Gasteiger partial charge in [0, 0.05) is 16.1 Å². The lowest BCUT2D eigenvalue weighted by atomic mass is 9.97. The van der Waals surface area contributed by atoms with Crippen molar-refractivity contribution in [2.24, 2.45) is 0 Å². The summed E-state index contributed by atoms with van der Waals surface area (Å²) in [5.41, 5.74) is 3.08. The number of rotatable bonds is 2. The quantitative estimate of drug-likeness (QED) is 0.907. The zero-order chi connectivity index (χ0) is 14.1.